The lowest BCUT2D eigenvalue weighted by Crippen LogP contribution is -2.34. The van der Waals surface area contributed by atoms with Gasteiger partial charge >= 0.3 is 5.97 Å². The van der Waals surface area contributed by atoms with Gasteiger partial charge in [0.15, 0.2) is 0 Å². The topological polar surface area (TPSA) is 97.4 Å². The number of benzene rings is 2. The van der Waals surface area contributed by atoms with Crippen molar-refractivity contribution in [3.63, 3.8) is 0 Å². The maximum atomic E-state index is 14.2. The predicted molar refractivity (Wildman–Crippen MR) is 116 cm³/mol. The maximum Gasteiger partial charge on any atom is 0.323 e. The maximum absolute atomic E-state index is 14.2. The van der Waals surface area contributed by atoms with Gasteiger partial charge in [-0.3, -0.25) is 9.59 Å². The van der Waals surface area contributed by atoms with E-state index in [1.54, 1.807) is 55.7 Å². The molecule has 2 aromatic carbocycles. The molecule has 0 aliphatic rings. The lowest BCUT2D eigenvalue weighted by Gasteiger charge is -2.19. The van der Waals surface area contributed by atoms with Crippen LogP contribution < -0.4 is 5.56 Å². The van der Waals surface area contributed by atoms with E-state index in [0.717, 1.165) is 0 Å². The molecular weight excluding hydrogens is 401 g/mol. The SMILES string of the molecule is Cc1c(-c2nn(CC(C)(C)O)c(=O)c3ccccc23)c2cc(F)ccc2n1CC(=O)O. The Kier molecular flexibility index (Phi) is 4.89. The van der Waals surface area contributed by atoms with Crippen molar-refractivity contribution in [3.8, 4) is 11.3 Å². The number of carboxylic acids is 1. The van der Waals surface area contributed by atoms with E-state index in [0.29, 0.717) is 38.6 Å². The number of aromatic nitrogens is 3. The highest BCUT2D eigenvalue weighted by Crippen LogP contribution is 2.37. The molecule has 0 radical (unpaired) electrons. The second-order valence-corrected chi connectivity index (χ2v) is 8.27. The highest BCUT2D eigenvalue weighted by molar-refractivity contribution is 6.05. The minimum atomic E-state index is -1.19. The first-order valence-electron chi connectivity index (χ1n) is 9.79. The van der Waals surface area contributed by atoms with Crippen LogP contribution in [0.25, 0.3) is 32.9 Å². The van der Waals surface area contributed by atoms with E-state index in [1.165, 1.54) is 16.8 Å². The summed E-state index contributed by atoms with van der Waals surface area (Å²) < 4.78 is 17.0. The fourth-order valence-electron chi connectivity index (χ4n) is 3.99. The summed E-state index contributed by atoms with van der Waals surface area (Å²) in [5.74, 6) is -1.49. The van der Waals surface area contributed by atoms with Crippen molar-refractivity contribution in [2.75, 3.05) is 0 Å². The van der Waals surface area contributed by atoms with Crippen molar-refractivity contribution >= 4 is 27.6 Å². The van der Waals surface area contributed by atoms with Gasteiger partial charge in [-0.2, -0.15) is 5.10 Å². The summed E-state index contributed by atoms with van der Waals surface area (Å²) in [6.07, 6.45) is 0. The van der Waals surface area contributed by atoms with Crippen LogP contribution in [0.3, 0.4) is 0 Å². The van der Waals surface area contributed by atoms with Crippen LogP contribution in [-0.2, 0) is 17.9 Å². The number of hydrogen-bond donors (Lipinski definition) is 2. The molecule has 0 amide bonds. The summed E-state index contributed by atoms with van der Waals surface area (Å²) >= 11 is 0. The Hall–Kier alpha value is -3.52. The van der Waals surface area contributed by atoms with Gasteiger partial charge in [-0.25, -0.2) is 9.07 Å². The molecule has 0 atom stereocenters. The van der Waals surface area contributed by atoms with Crippen LogP contribution >= 0.6 is 0 Å². The third kappa shape index (κ3) is 3.70. The number of halogens is 1. The van der Waals surface area contributed by atoms with Gasteiger partial charge in [-0.05, 0) is 45.0 Å². The number of nitrogens with zero attached hydrogens (tertiary/aromatic N) is 3. The Morgan fingerprint density at radius 3 is 2.45 bits per heavy atom. The van der Waals surface area contributed by atoms with Gasteiger partial charge < -0.3 is 14.8 Å². The van der Waals surface area contributed by atoms with E-state index in [4.69, 9.17) is 0 Å². The van der Waals surface area contributed by atoms with E-state index in [9.17, 15) is 24.2 Å². The van der Waals surface area contributed by atoms with Crippen molar-refractivity contribution in [2.24, 2.45) is 0 Å². The zero-order valence-electron chi connectivity index (χ0n) is 17.4. The van der Waals surface area contributed by atoms with Crippen molar-refractivity contribution in [1.29, 1.82) is 0 Å². The van der Waals surface area contributed by atoms with E-state index < -0.39 is 17.4 Å². The van der Waals surface area contributed by atoms with Gasteiger partial charge in [0.2, 0.25) is 0 Å². The molecule has 2 heterocycles. The van der Waals surface area contributed by atoms with E-state index in [1.807, 2.05) is 0 Å². The molecule has 0 saturated heterocycles. The van der Waals surface area contributed by atoms with Gasteiger partial charge in [-0.15, -0.1) is 0 Å². The monoisotopic (exact) mass is 423 g/mol. The average molecular weight is 423 g/mol. The Morgan fingerprint density at radius 2 is 1.81 bits per heavy atom. The summed E-state index contributed by atoms with van der Waals surface area (Å²) in [4.78, 5) is 24.5. The molecule has 0 aliphatic heterocycles. The molecule has 0 bridgehead atoms. The largest absolute Gasteiger partial charge is 0.480 e. The summed E-state index contributed by atoms with van der Waals surface area (Å²) in [5, 5.41) is 25.7. The number of carboxylic acid groups (broad SMARTS) is 1. The normalized spacial score (nSPS) is 12.0. The fraction of sp³-hybridized carbons (Fsp3) is 0.261. The number of aliphatic carboxylic acids is 1. The molecule has 0 aliphatic carbocycles. The molecule has 4 rings (SSSR count). The number of carbonyl (C=O) groups is 1. The molecule has 0 spiro atoms. The molecule has 0 fully saturated rings. The molecule has 2 aromatic heterocycles. The van der Waals surface area contributed by atoms with Crippen molar-refractivity contribution in [2.45, 2.75) is 39.5 Å². The minimum Gasteiger partial charge on any atom is -0.480 e. The van der Waals surface area contributed by atoms with Crippen LogP contribution in [-0.4, -0.2) is 36.1 Å². The molecule has 8 heteroatoms. The quantitative estimate of drug-likeness (QED) is 0.513. The highest BCUT2D eigenvalue weighted by Gasteiger charge is 2.23. The predicted octanol–water partition coefficient (Wildman–Crippen LogP) is 3.32. The molecule has 7 nitrogen and oxygen atoms in total. The van der Waals surface area contributed by atoms with E-state index >= 15 is 0 Å². The summed E-state index contributed by atoms with van der Waals surface area (Å²) in [7, 11) is 0. The zero-order valence-corrected chi connectivity index (χ0v) is 17.4. The van der Waals surface area contributed by atoms with Crippen molar-refractivity contribution < 1.29 is 19.4 Å². The molecule has 4 aromatic rings. The molecule has 31 heavy (non-hydrogen) atoms. The Labute approximate surface area is 177 Å². The van der Waals surface area contributed by atoms with Crippen LogP contribution in [0.4, 0.5) is 4.39 Å². The van der Waals surface area contributed by atoms with Gasteiger partial charge in [0, 0.05) is 27.5 Å². The van der Waals surface area contributed by atoms with Crippen LogP contribution in [0.5, 0.6) is 0 Å². The molecular formula is C23H22FN3O4. The summed E-state index contributed by atoms with van der Waals surface area (Å²) in [5.41, 5.74) is 0.596. The van der Waals surface area contributed by atoms with E-state index in [2.05, 4.69) is 5.10 Å². The first kappa shape index (κ1) is 20.7. The van der Waals surface area contributed by atoms with Crippen LogP contribution in [0.2, 0.25) is 0 Å². The van der Waals surface area contributed by atoms with Gasteiger partial charge in [-0.1, -0.05) is 18.2 Å². The Balaban J connectivity index is 2.13. The third-order valence-electron chi connectivity index (χ3n) is 5.22. The van der Waals surface area contributed by atoms with Crippen LogP contribution in [0, 0.1) is 12.7 Å². The first-order valence-corrected chi connectivity index (χ1v) is 9.79. The molecule has 2 N–H and O–H groups in total. The smallest absolute Gasteiger partial charge is 0.323 e. The molecule has 0 saturated carbocycles. The fourth-order valence-corrected chi connectivity index (χ4v) is 3.99. The second kappa shape index (κ2) is 7.31. The van der Waals surface area contributed by atoms with Gasteiger partial charge in [0.05, 0.1) is 17.5 Å². The molecule has 160 valence electrons. The van der Waals surface area contributed by atoms with Gasteiger partial charge in [0.25, 0.3) is 5.56 Å². The minimum absolute atomic E-state index is 0.0369. The second-order valence-electron chi connectivity index (χ2n) is 8.27. The van der Waals surface area contributed by atoms with Crippen molar-refractivity contribution in [1.82, 2.24) is 14.3 Å². The van der Waals surface area contributed by atoms with Crippen molar-refractivity contribution in [3.05, 3.63) is 64.3 Å². The van der Waals surface area contributed by atoms with Gasteiger partial charge in [0.1, 0.15) is 18.1 Å². The Morgan fingerprint density at radius 1 is 1.13 bits per heavy atom. The van der Waals surface area contributed by atoms with Crippen LogP contribution in [0.1, 0.15) is 19.5 Å². The van der Waals surface area contributed by atoms with E-state index in [-0.39, 0.29) is 18.6 Å². The lowest BCUT2D eigenvalue weighted by molar-refractivity contribution is -0.137. The summed E-state index contributed by atoms with van der Waals surface area (Å²) in [6.45, 7) is 4.57. The lowest BCUT2D eigenvalue weighted by atomic mass is 10.0. The van der Waals surface area contributed by atoms with Crippen LogP contribution in [0.15, 0.2) is 47.3 Å². The average Bonchev–Trinajstić information content (AvgIpc) is 2.94. The summed E-state index contributed by atoms with van der Waals surface area (Å²) in [6, 6.07) is 11.1. The molecule has 0 unspecified atom stereocenters. The first-order chi connectivity index (χ1) is 14.6. The number of hydrogen-bond acceptors (Lipinski definition) is 4. The Bertz CT molecular complexity index is 1400. The zero-order chi connectivity index (χ0) is 22.5. The number of fused-ring (bicyclic) bond motifs is 2. The number of aliphatic hydroxyl groups is 1. The highest BCUT2D eigenvalue weighted by atomic mass is 19.1. The standard InChI is InChI=1S/C23H22FN3O4/c1-13-20(17-10-14(24)8-9-18(17)26(13)11-19(28)29)21-15-6-4-5-7-16(15)22(30)27(25-21)12-23(2,3)31/h4-10,31H,11-12H2,1-3H3,(H,28,29). The third-order valence-corrected chi connectivity index (χ3v) is 5.22. The number of rotatable bonds is 5.